The van der Waals surface area contributed by atoms with E-state index in [-0.39, 0.29) is 0 Å². The van der Waals surface area contributed by atoms with Gasteiger partial charge in [0.2, 0.25) is 0 Å². The molecule has 2 heterocycles. The molecule has 0 aliphatic heterocycles. The van der Waals surface area contributed by atoms with Gasteiger partial charge in [0.1, 0.15) is 0 Å². The number of hydrogen-bond donors (Lipinski definition) is 0. The van der Waals surface area contributed by atoms with Crippen molar-refractivity contribution in [1.82, 2.24) is 15.0 Å². The zero-order valence-electron chi connectivity index (χ0n) is 33.9. The summed E-state index contributed by atoms with van der Waals surface area (Å²) < 4.78 is 0. The second kappa shape index (κ2) is 16.1. The van der Waals surface area contributed by atoms with Gasteiger partial charge in [0, 0.05) is 27.6 Å². The summed E-state index contributed by atoms with van der Waals surface area (Å²) in [6.07, 6.45) is 0. The summed E-state index contributed by atoms with van der Waals surface area (Å²) in [5, 5.41) is 3.50. The Hall–Kier alpha value is -8.27. The largest absolute Gasteiger partial charge is 0.248 e. The number of nitrogens with zero attached hydrogens (tertiary/aromatic N) is 3. The number of fused-ring (bicyclic) bond motifs is 3. The highest BCUT2D eigenvalue weighted by Crippen LogP contribution is 2.40. The SMILES string of the molecule is c1ccc(-c2cc(-c3ccccc3)cc(-c3cc(-c4ccccc4)nc(-c4ccc(-c5cccc6c5ccc5nc(-c7ccccc7)cc(-c7ccccc7)c56)cc4)n3)c2)cc1. The first-order valence-electron chi connectivity index (χ1n) is 21.0. The van der Waals surface area contributed by atoms with Gasteiger partial charge in [0.25, 0.3) is 0 Å². The third kappa shape index (κ3) is 7.12. The molecule has 0 amide bonds. The Bertz CT molecular complexity index is 3290. The zero-order valence-corrected chi connectivity index (χ0v) is 33.9. The van der Waals surface area contributed by atoms with Crippen LogP contribution in [0.3, 0.4) is 0 Å². The van der Waals surface area contributed by atoms with E-state index in [1.807, 2.05) is 12.1 Å². The second-order valence-electron chi connectivity index (χ2n) is 15.6. The maximum Gasteiger partial charge on any atom is 0.160 e. The molecule has 0 saturated heterocycles. The van der Waals surface area contributed by atoms with Gasteiger partial charge in [-0.25, -0.2) is 15.0 Å². The van der Waals surface area contributed by atoms with E-state index in [2.05, 4.69) is 224 Å². The third-order valence-corrected chi connectivity index (χ3v) is 11.7. The number of rotatable bonds is 8. The molecule has 3 heteroatoms. The molecule has 0 atom stereocenters. The normalized spacial score (nSPS) is 11.2. The topological polar surface area (TPSA) is 38.7 Å². The van der Waals surface area contributed by atoms with Gasteiger partial charge < -0.3 is 0 Å². The Morgan fingerprint density at radius 2 is 0.677 bits per heavy atom. The molecule has 11 aromatic rings. The minimum atomic E-state index is 0.677. The fraction of sp³-hybridized carbons (Fsp3) is 0. The molecule has 290 valence electrons. The van der Waals surface area contributed by atoms with Crippen molar-refractivity contribution in [2.45, 2.75) is 0 Å². The highest BCUT2D eigenvalue weighted by Gasteiger charge is 2.17. The maximum absolute atomic E-state index is 5.30. The molecule has 11 rings (SSSR count). The number of benzene rings is 9. The fourth-order valence-corrected chi connectivity index (χ4v) is 8.60. The van der Waals surface area contributed by atoms with E-state index in [1.165, 1.54) is 21.9 Å². The number of hydrogen-bond acceptors (Lipinski definition) is 3. The molecular weight excluding hydrogens is 751 g/mol. The van der Waals surface area contributed by atoms with Crippen molar-refractivity contribution < 1.29 is 0 Å². The Balaban J connectivity index is 1.03. The average molecular weight is 790 g/mol. The van der Waals surface area contributed by atoms with Crippen LogP contribution in [0.15, 0.2) is 237 Å². The number of aromatic nitrogens is 3. The summed E-state index contributed by atoms with van der Waals surface area (Å²) in [4.78, 5) is 15.7. The highest BCUT2D eigenvalue weighted by molar-refractivity contribution is 6.17. The molecule has 0 saturated carbocycles. The Labute approximate surface area is 361 Å². The summed E-state index contributed by atoms with van der Waals surface area (Å²) in [5.41, 5.74) is 17.0. The van der Waals surface area contributed by atoms with Crippen LogP contribution in [0.25, 0.3) is 111 Å². The molecule has 0 bridgehead atoms. The molecule has 0 unspecified atom stereocenters. The van der Waals surface area contributed by atoms with Gasteiger partial charge in [0.15, 0.2) is 5.82 Å². The fourth-order valence-electron chi connectivity index (χ4n) is 8.60. The molecular formula is C59H39N3. The Kier molecular flexibility index (Phi) is 9.53. The van der Waals surface area contributed by atoms with Crippen molar-refractivity contribution >= 4 is 21.7 Å². The molecule has 0 N–H and O–H groups in total. The van der Waals surface area contributed by atoms with Crippen LogP contribution in [0, 0.1) is 0 Å². The van der Waals surface area contributed by atoms with Crippen molar-refractivity contribution in [3.8, 4) is 89.7 Å². The maximum atomic E-state index is 5.30. The molecule has 2 aromatic heterocycles. The van der Waals surface area contributed by atoms with Gasteiger partial charge >= 0.3 is 0 Å². The van der Waals surface area contributed by atoms with E-state index in [0.29, 0.717) is 5.82 Å². The summed E-state index contributed by atoms with van der Waals surface area (Å²) in [6.45, 7) is 0. The van der Waals surface area contributed by atoms with Crippen LogP contribution in [-0.4, -0.2) is 15.0 Å². The molecule has 9 aromatic carbocycles. The molecule has 62 heavy (non-hydrogen) atoms. The first kappa shape index (κ1) is 36.8. The number of pyridine rings is 1. The summed E-state index contributed by atoms with van der Waals surface area (Å²) >= 11 is 0. The average Bonchev–Trinajstić information content (AvgIpc) is 3.37. The lowest BCUT2D eigenvalue weighted by molar-refractivity contribution is 1.18. The van der Waals surface area contributed by atoms with E-state index in [4.69, 9.17) is 15.0 Å². The van der Waals surface area contributed by atoms with Crippen LogP contribution < -0.4 is 0 Å². The lowest BCUT2D eigenvalue weighted by atomic mass is 9.91. The van der Waals surface area contributed by atoms with E-state index >= 15 is 0 Å². The van der Waals surface area contributed by atoms with Crippen LogP contribution in [0.1, 0.15) is 0 Å². The van der Waals surface area contributed by atoms with Crippen LogP contribution in [0.2, 0.25) is 0 Å². The van der Waals surface area contributed by atoms with Crippen LogP contribution in [0.4, 0.5) is 0 Å². The zero-order chi connectivity index (χ0) is 41.2. The second-order valence-corrected chi connectivity index (χ2v) is 15.6. The van der Waals surface area contributed by atoms with Crippen molar-refractivity contribution in [1.29, 1.82) is 0 Å². The standard InChI is InChI=1S/C59H39N3/c1-6-17-40(18-7-1)47-35-48(41-19-8-2-9-20-41)37-49(36-47)57-39-56(45-25-14-5-15-26-45)61-59(62-57)46-31-29-43(30-32-46)50-27-16-28-52-51(50)33-34-54-58(52)53(42-21-10-3-11-22-42)38-55(60-54)44-23-12-4-13-24-44/h1-39H. The molecule has 0 spiro atoms. The van der Waals surface area contributed by atoms with Gasteiger partial charge in [-0.1, -0.05) is 200 Å². The predicted octanol–water partition coefficient (Wildman–Crippen LogP) is 15.5. The smallest absolute Gasteiger partial charge is 0.160 e. The van der Waals surface area contributed by atoms with Crippen molar-refractivity contribution in [3.63, 3.8) is 0 Å². The van der Waals surface area contributed by atoms with Gasteiger partial charge in [-0.2, -0.15) is 0 Å². The van der Waals surface area contributed by atoms with E-state index in [9.17, 15) is 0 Å². The Morgan fingerprint density at radius 3 is 1.24 bits per heavy atom. The van der Waals surface area contributed by atoms with Crippen LogP contribution in [-0.2, 0) is 0 Å². The lowest BCUT2D eigenvalue weighted by Gasteiger charge is -2.15. The van der Waals surface area contributed by atoms with Crippen molar-refractivity contribution in [3.05, 3.63) is 237 Å². The highest BCUT2D eigenvalue weighted by atomic mass is 14.9. The summed E-state index contributed by atoms with van der Waals surface area (Å²) in [7, 11) is 0. The lowest BCUT2D eigenvalue weighted by Crippen LogP contribution is -1.97. The van der Waals surface area contributed by atoms with Crippen LogP contribution >= 0.6 is 0 Å². The first-order chi connectivity index (χ1) is 30.7. The molecule has 0 fully saturated rings. The van der Waals surface area contributed by atoms with Crippen molar-refractivity contribution in [2.24, 2.45) is 0 Å². The monoisotopic (exact) mass is 789 g/mol. The van der Waals surface area contributed by atoms with Gasteiger partial charge in [-0.15, -0.1) is 0 Å². The molecule has 0 aliphatic carbocycles. The molecule has 0 radical (unpaired) electrons. The minimum absolute atomic E-state index is 0.677. The third-order valence-electron chi connectivity index (χ3n) is 11.7. The van der Waals surface area contributed by atoms with Gasteiger partial charge in [0.05, 0.1) is 22.6 Å². The van der Waals surface area contributed by atoms with Crippen molar-refractivity contribution in [2.75, 3.05) is 0 Å². The van der Waals surface area contributed by atoms with Gasteiger partial charge in [-0.3, -0.25) is 0 Å². The molecule has 0 aliphatic rings. The minimum Gasteiger partial charge on any atom is -0.248 e. The van der Waals surface area contributed by atoms with Crippen LogP contribution in [0.5, 0.6) is 0 Å². The summed E-state index contributed by atoms with van der Waals surface area (Å²) in [6, 6.07) is 83.4. The van der Waals surface area contributed by atoms with E-state index in [1.54, 1.807) is 0 Å². The molecule has 3 nitrogen and oxygen atoms in total. The predicted molar refractivity (Wildman–Crippen MR) is 258 cm³/mol. The van der Waals surface area contributed by atoms with Gasteiger partial charge in [-0.05, 0) is 91.7 Å². The quantitative estimate of drug-likeness (QED) is 0.144. The summed E-state index contributed by atoms with van der Waals surface area (Å²) in [5.74, 6) is 0.677. The first-order valence-corrected chi connectivity index (χ1v) is 21.0. The van der Waals surface area contributed by atoms with E-state index < -0.39 is 0 Å². The Morgan fingerprint density at radius 1 is 0.226 bits per heavy atom. The van der Waals surface area contributed by atoms with E-state index in [0.717, 1.165) is 83.6 Å².